The molecule has 0 saturated carbocycles. The Morgan fingerprint density at radius 3 is 3.00 bits per heavy atom. The molecule has 6 heteroatoms. The second-order valence-electron chi connectivity index (χ2n) is 5.54. The maximum Gasteiger partial charge on any atom is 0.237 e. The van der Waals surface area contributed by atoms with E-state index < -0.39 is 6.04 Å². The van der Waals surface area contributed by atoms with Gasteiger partial charge in [0.2, 0.25) is 11.8 Å². The van der Waals surface area contributed by atoms with Crippen LogP contribution in [0.15, 0.2) is 30.3 Å². The van der Waals surface area contributed by atoms with Crippen LogP contribution >= 0.6 is 0 Å². The molecule has 1 unspecified atom stereocenters. The summed E-state index contributed by atoms with van der Waals surface area (Å²) in [6, 6.07) is 9.76. The molecule has 1 aromatic heterocycles. The van der Waals surface area contributed by atoms with Crippen LogP contribution < -0.4 is 10.6 Å². The Hall–Kier alpha value is -2.34. The predicted octanol–water partition coefficient (Wildman–Crippen LogP) is 0.604. The van der Waals surface area contributed by atoms with E-state index in [1.54, 1.807) is 7.05 Å². The van der Waals surface area contributed by atoms with Crippen LogP contribution in [0, 0.1) is 0 Å². The number of aromatic nitrogens is 1. The van der Waals surface area contributed by atoms with Gasteiger partial charge in [-0.1, -0.05) is 18.2 Å². The maximum atomic E-state index is 12.1. The minimum absolute atomic E-state index is 0.0778. The molecule has 0 aliphatic carbocycles. The van der Waals surface area contributed by atoms with Crippen LogP contribution in [0.4, 0.5) is 0 Å². The first-order valence-electron chi connectivity index (χ1n) is 7.46. The van der Waals surface area contributed by atoms with Crippen molar-refractivity contribution in [1.29, 1.82) is 0 Å². The number of piperazine rings is 1. The molecular weight excluding hydrogens is 280 g/mol. The van der Waals surface area contributed by atoms with Crippen molar-refractivity contribution in [2.24, 2.45) is 0 Å². The molecule has 0 bridgehead atoms. The van der Waals surface area contributed by atoms with Crippen LogP contribution in [-0.2, 0) is 16.1 Å². The van der Waals surface area contributed by atoms with Gasteiger partial charge in [-0.2, -0.15) is 0 Å². The van der Waals surface area contributed by atoms with E-state index in [0.717, 1.165) is 23.1 Å². The van der Waals surface area contributed by atoms with Crippen LogP contribution in [-0.4, -0.2) is 47.9 Å². The number of fused-ring (bicyclic) bond motifs is 1. The van der Waals surface area contributed by atoms with Gasteiger partial charge in [0.05, 0.1) is 12.5 Å². The summed E-state index contributed by atoms with van der Waals surface area (Å²) >= 11 is 0. The monoisotopic (exact) mass is 300 g/mol. The van der Waals surface area contributed by atoms with Crippen LogP contribution in [0.2, 0.25) is 0 Å². The molecular formula is C16H20N4O2. The molecule has 116 valence electrons. The van der Waals surface area contributed by atoms with Gasteiger partial charge in [-0.15, -0.1) is 0 Å². The van der Waals surface area contributed by atoms with Crippen LogP contribution in [0.5, 0.6) is 0 Å². The van der Waals surface area contributed by atoms with Gasteiger partial charge in [0.15, 0.2) is 0 Å². The highest BCUT2D eigenvalue weighted by Crippen LogP contribution is 2.18. The molecule has 22 heavy (non-hydrogen) atoms. The summed E-state index contributed by atoms with van der Waals surface area (Å²) in [5, 5.41) is 6.57. The number of amides is 2. The Morgan fingerprint density at radius 2 is 2.23 bits per heavy atom. The summed E-state index contributed by atoms with van der Waals surface area (Å²) in [5.74, 6) is -0.199. The minimum atomic E-state index is -0.417. The summed E-state index contributed by atoms with van der Waals surface area (Å²) in [7, 11) is 1.59. The fraction of sp³-hybridized carbons (Fsp3) is 0.375. The topological polar surface area (TPSA) is 77.2 Å². The van der Waals surface area contributed by atoms with E-state index in [0.29, 0.717) is 13.1 Å². The molecule has 1 fully saturated rings. The summed E-state index contributed by atoms with van der Waals surface area (Å²) < 4.78 is 0. The zero-order valence-electron chi connectivity index (χ0n) is 12.6. The van der Waals surface area contributed by atoms with E-state index in [9.17, 15) is 9.59 Å². The third kappa shape index (κ3) is 2.96. The normalized spacial score (nSPS) is 19.1. The zero-order valence-corrected chi connectivity index (χ0v) is 12.6. The van der Waals surface area contributed by atoms with Gasteiger partial charge in [-0.25, -0.2) is 0 Å². The van der Waals surface area contributed by atoms with E-state index in [1.807, 2.05) is 18.2 Å². The number of benzene rings is 1. The van der Waals surface area contributed by atoms with Gasteiger partial charge in [0.1, 0.15) is 0 Å². The van der Waals surface area contributed by atoms with Crippen molar-refractivity contribution in [2.45, 2.75) is 19.0 Å². The number of para-hydroxylation sites is 1. The molecule has 3 rings (SSSR count). The number of nitrogens with zero attached hydrogens (tertiary/aromatic N) is 1. The lowest BCUT2D eigenvalue weighted by molar-refractivity contribution is -0.134. The molecule has 0 spiro atoms. The van der Waals surface area contributed by atoms with Crippen LogP contribution in [0.25, 0.3) is 10.9 Å². The number of carbonyl (C=O) groups is 2. The molecule has 2 heterocycles. The summed E-state index contributed by atoms with van der Waals surface area (Å²) in [6.07, 6.45) is 0.183. The van der Waals surface area contributed by atoms with E-state index in [-0.39, 0.29) is 18.2 Å². The van der Waals surface area contributed by atoms with Crippen molar-refractivity contribution in [3.63, 3.8) is 0 Å². The van der Waals surface area contributed by atoms with Gasteiger partial charge in [-0.05, 0) is 17.5 Å². The van der Waals surface area contributed by atoms with Crippen molar-refractivity contribution in [3.05, 3.63) is 36.0 Å². The molecule has 1 aliphatic heterocycles. The highest BCUT2D eigenvalue weighted by molar-refractivity contribution is 5.88. The fourth-order valence-electron chi connectivity index (χ4n) is 2.89. The van der Waals surface area contributed by atoms with Crippen molar-refractivity contribution in [2.75, 3.05) is 20.1 Å². The first-order chi connectivity index (χ1) is 10.7. The summed E-state index contributed by atoms with van der Waals surface area (Å²) in [6.45, 7) is 1.98. The minimum Gasteiger partial charge on any atom is -0.359 e. The second kappa shape index (κ2) is 6.19. The number of hydrogen-bond acceptors (Lipinski definition) is 3. The van der Waals surface area contributed by atoms with Gasteiger partial charge < -0.3 is 15.6 Å². The number of hydrogen-bond donors (Lipinski definition) is 3. The lowest BCUT2D eigenvalue weighted by Crippen LogP contribution is -2.56. The zero-order chi connectivity index (χ0) is 15.5. The number of rotatable bonds is 4. The molecule has 1 saturated heterocycles. The average molecular weight is 300 g/mol. The highest BCUT2D eigenvalue weighted by atomic mass is 16.2. The van der Waals surface area contributed by atoms with E-state index >= 15 is 0 Å². The smallest absolute Gasteiger partial charge is 0.237 e. The molecule has 2 amide bonds. The molecule has 1 atom stereocenters. The molecule has 3 N–H and O–H groups in total. The first-order valence-corrected chi connectivity index (χ1v) is 7.46. The Labute approximate surface area is 128 Å². The van der Waals surface area contributed by atoms with Crippen LogP contribution in [0.1, 0.15) is 12.1 Å². The van der Waals surface area contributed by atoms with Gasteiger partial charge >= 0.3 is 0 Å². The number of nitrogens with one attached hydrogen (secondary N) is 3. The quantitative estimate of drug-likeness (QED) is 0.774. The van der Waals surface area contributed by atoms with Gasteiger partial charge in [0, 0.05) is 37.9 Å². The standard InChI is InChI=1S/C16H20N4O2/c1-17-15(21)9-14-16(22)18-6-7-20(14)10-12-8-11-4-2-3-5-13(11)19-12/h2-5,8,14,19H,6-7,9-10H2,1H3,(H,17,21)(H,18,22). The lowest BCUT2D eigenvalue weighted by Gasteiger charge is -2.34. The Bertz CT molecular complexity index is 661. The van der Waals surface area contributed by atoms with E-state index in [4.69, 9.17) is 0 Å². The molecule has 1 aromatic carbocycles. The van der Waals surface area contributed by atoms with Crippen molar-refractivity contribution >= 4 is 22.7 Å². The van der Waals surface area contributed by atoms with E-state index in [2.05, 4.69) is 32.7 Å². The Morgan fingerprint density at radius 1 is 1.41 bits per heavy atom. The molecule has 6 nitrogen and oxygen atoms in total. The van der Waals surface area contributed by atoms with Crippen molar-refractivity contribution in [3.8, 4) is 0 Å². The predicted molar refractivity (Wildman–Crippen MR) is 84.2 cm³/mol. The number of carbonyl (C=O) groups excluding carboxylic acids is 2. The van der Waals surface area contributed by atoms with Crippen molar-refractivity contribution < 1.29 is 9.59 Å². The summed E-state index contributed by atoms with van der Waals surface area (Å²) in [4.78, 5) is 29.1. The average Bonchev–Trinajstić information content (AvgIpc) is 2.92. The number of aromatic amines is 1. The Balaban J connectivity index is 1.78. The lowest BCUT2D eigenvalue weighted by atomic mass is 10.1. The highest BCUT2D eigenvalue weighted by Gasteiger charge is 2.31. The van der Waals surface area contributed by atoms with Crippen molar-refractivity contribution in [1.82, 2.24) is 20.5 Å². The molecule has 1 aliphatic rings. The molecule has 0 radical (unpaired) electrons. The first kappa shape index (κ1) is 14.6. The number of H-pyrrole nitrogens is 1. The fourth-order valence-corrected chi connectivity index (χ4v) is 2.89. The van der Waals surface area contributed by atoms with Gasteiger partial charge in [0.25, 0.3) is 0 Å². The van der Waals surface area contributed by atoms with E-state index in [1.165, 1.54) is 0 Å². The third-order valence-electron chi connectivity index (χ3n) is 4.06. The second-order valence-corrected chi connectivity index (χ2v) is 5.54. The van der Waals surface area contributed by atoms with Gasteiger partial charge in [-0.3, -0.25) is 14.5 Å². The summed E-state index contributed by atoms with van der Waals surface area (Å²) in [5.41, 5.74) is 2.14. The third-order valence-corrected chi connectivity index (χ3v) is 4.06. The van der Waals surface area contributed by atoms with Crippen LogP contribution in [0.3, 0.4) is 0 Å². The largest absolute Gasteiger partial charge is 0.359 e. The molecule has 2 aromatic rings. The SMILES string of the molecule is CNC(=O)CC1C(=O)NCCN1Cc1cc2ccccc2[nH]1. The maximum absolute atomic E-state index is 12.1. The Kier molecular flexibility index (Phi) is 4.11.